The summed E-state index contributed by atoms with van der Waals surface area (Å²) in [6.45, 7) is 1.51. The average Bonchev–Trinajstić information content (AvgIpc) is 3.24. The van der Waals surface area contributed by atoms with Crippen molar-refractivity contribution in [2.45, 2.75) is 49.9 Å². The molecule has 23 heavy (non-hydrogen) atoms. The summed E-state index contributed by atoms with van der Waals surface area (Å²) < 4.78 is 5.84. The lowest BCUT2D eigenvalue weighted by atomic mass is 10.1. The summed E-state index contributed by atoms with van der Waals surface area (Å²) in [4.78, 5) is 18.4. The molecule has 0 N–H and O–H groups in total. The Balaban J connectivity index is 1.32. The SMILES string of the molecule is O=C(CCCCC1CCSS1)N1CCC(Oc2ccccn2)C1. The predicted molar refractivity (Wildman–Crippen MR) is 96.8 cm³/mol. The molecule has 0 radical (unpaired) electrons. The van der Waals surface area contributed by atoms with E-state index in [1.54, 1.807) is 6.20 Å². The third kappa shape index (κ3) is 5.31. The van der Waals surface area contributed by atoms with Gasteiger partial charge in [-0.25, -0.2) is 4.98 Å². The van der Waals surface area contributed by atoms with Crippen molar-refractivity contribution in [3.05, 3.63) is 24.4 Å². The van der Waals surface area contributed by atoms with Crippen molar-refractivity contribution in [2.24, 2.45) is 0 Å². The van der Waals surface area contributed by atoms with Crippen LogP contribution >= 0.6 is 21.6 Å². The smallest absolute Gasteiger partial charge is 0.222 e. The molecular weight excluding hydrogens is 328 g/mol. The molecule has 2 aliphatic heterocycles. The van der Waals surface area contributed by atoms with Crippen LogP contribution in [0.15, 0.2) is 24.4 Å². The fourth-order valence-electron chi connectivity index (χ4n) is 3.01. The van der Waals surface area contributed by atoms with Crippen LogP contribution in [0.2, 0.25) is 0 Å². The van der Waals surface area contributed by atoms with Crippen LogP contribution < -0.4 is 4.74 Å². The van der Waals surface area contributed by atoms with Gasteiger partial charge >= 0.3 is 0 Å². The van der Waals surface area contributed by atoms with Gasteiger partial charge in [-0.2, -0.15) is 0 Å². The Kier molecular flexibility index (Phi) is 6.51. The Bertz CT molecular complexity index is 495. The van der Waals surface area contributed by atoms with Gasteiger partial charge in [-0.1, -0.05) is 34.1 Å². The van der Waals surface area contributed by atoms with Gasteiger partial charge in [0.05, 0.1) is 6.54 Å². The molecule has 2 unspecified atom stereocenters. The van der Waals surface area contributed by atoms with Crippen molar-refractivity contribution in [3.8, 4) is 5.88 Å². The number of carbonyl (C=O) groups excluding carboxylic acids is 1. The van der Waals surface area contributed by atoms with Crippen molar-refractivity contribution in [1.82, 2.24) is 9.88 Å². The largest absolute Gasteiger partial charge is 0.472 e. The number of unbranched alkanes of at least 4 members (excludes halogenated alkanes) is 1. The summed E-state index contributed by atoms with van der Waals surface area (Å²) in [5.41, 5.74) is 0. The standard InChI is InChI=1S/C17H24N2O2S2/c20-17(7-2-1-5-15-9-12-22-23-15)19-11-8-14(13-19)21-16-6-3-4-10-18-16/h3-4,6,10,14-15H,1-2,5,7-9,11-13H2. The molecule has 0 aromatic carbocycles. The maximum Gasteiger partial charge on any atom is 0.222 e. The first-order valence-corrected chi connectivity index (χ1v) is 10.8. The molecule has 1 aromatic heterocycles. The minimum Gasteiger partial charge on any atom is -0.472 e. The molecule has 126 valence electrons. The van der Waals surface area contributed by atoms with Gasteiger partial charge in [0.25, 0.3) is 0 Å². The van der Waals surface area contributed by atoms with E-state index in [0.717, 1.165) is 24.6 Å². The minimum atomic E-state index is 0.0840. The summed E-state index contributed by atoms with van der Waals surface area (Å²) >= 11 is 0. The molecule has 6 heteroatoms. The molecular formula is C17H24N2O2S2. The van der Waals surface area contributed by atoms with Crippen LogP contribution in [0.25, 0.3) is 0 Å². The van der Waals surface area contributed by atoms with Crippen LogP contribution in [-0.4, -0.2) is 46.0 Å². The van der Waals surface area contributed by atoms with Crippen molar-refractivity contribution in [2.75, 3.05) is 18.8 Å². The molecule has 2 fully saturated rings. The molecule has 2 aliphatic rings. The predicted octanol–water partition coefficient (Wildman–Crippen LogP) is 3.78. The van der Waals surface area contributed by atoms with Gasteiger partial charge in [-0.05, 0) is 25.3 Å². The highest BCUT2D eigenvalue weighted by Gasteiger charge is 2.27. The number of hydrogen-bond donors (Lipinski definition) is 0. The molecule has 1 amide bonds. The number of aromatic nitrogens is 1. The van der Waals surface area contributed by atoms with Crippen LogP contribution in [0.1, 0.15) is 38.5 Å². The van der Waals surface area contributed by atoms with E-state index in [4.69, 9.17) is 4.74 Å². The van der Waals surface area contributed by atoms with Gasteiger partial charge in [0.2, 0.25) is 11.8 Å². The fraction of sp³-hybridized carbons (Fsp3) is 0.647. The van der Waals surface area contributed by atoms with E-state index in [1.807, 2.05) is 44.7 Å². The summed E-state index contributed by atoms with van der Waals surface area (Å²) in [7, 11) is 4.02. The number of amides is 1. The summed E-state index contributed by atoms with van der Waals surface area (Å²) in [5, 5.41) is 0.818. The summed E-state index contributed by atoms with van der Waals surface area (Å²) in [6.07, 6.45) is 8.18. The van der Waals surface area contributed by atoms with E-state index in [1.165, 1.54) is 25.0 Å². The Morgan fingerprint density at radius 1 is 1.35 bits per heavy atom. The molecule has 1 aromatic rings. The molecule has 3 rings (SSSR count). The molecule has 3 heterocycles. The van der Waals surface area contributed by atoms with E-state index in [0.29, 0.717) is 18.8 Å². The van der Waals surface area contributed by atoms with Gasteiger partial charge in [0.15, 0.2) is 0 Å². The molecule has 2 atom stereocenters. The molecule has 2 saturated heterocycles. The zero-order chi connectivity index (χ0) is 15.9. The maximum atomic E-state index is 12.3. The minimum absolute atomic E-state index is 0.0840. The quantitative estimate of drug-likeness (QED) is 0.552. The normalized spacial score (nSPS) is 24.1. The second-order valence-electron chi connectivity index (χ2n) is 6.11. The number of pyridine rings is 1. The summed E-state index contributed by atoms with van der Waals surface area (Å²) in [6, 6.07) is 5.66. The lowest BCUT2D eigenvalue weighted by Crippen LogP contribution is -2.30. The monoisotopic (exact) mass is 352 g/mol. The van der Waals surface area contributed by atoms with E-state index >= 15 is 0 Å². The number of ether oxygens (including phenoxy) is 1. The van der Waals surface area contributed by atoms with Crippen molar-refractivity contribution in [3.63, 3.8) is 0 Å². The highest BCUT2D eigenvalue weighted by Crippen LogP contribution is 2.39. The van der Waals surface area contributed by atoms with Crippen LogP contribution in [0, 0.1) is 0 Å². The van der Waals surface area contributed by atoms with Gasteiger partial charge < -0.3 is 9.64 Å². The number of nitrogens with zero attached hydrogens (tertiary/aromatic N) is 2. The highest BCUT2D eigenvalue weighted by atomic mass is 33.1. The first-order chi connectivity index (χ1) is 11.3. The van der Waals surface area contributed by atoms with E-state index in [-0.39, 0.29) is 12.0 Å². The van der Waals surface area contributed by atoms with Crippen LogP contribution in [0.3, 0.4) is 0 Å². The first kappa shape index (κ1) is 17.0. The van der Waals surface area contributed by atoms with E-state index in [2.05, 4.69) is 4.98 Å². The van der Waals surface area contributed by atoms with Gasteiger partial charge in [0.1, 0.15) is 6.10 Å². The van der Waals surface area contributed by atoms with Crippen molar-refractivity contribution in [1.29, 1.82) is 0 Å². The number of carbonyl (C=O) groups is 1. The van der Waals surface area contributed by atoms with E-state index < -0.39 is 0 Å². The van der Waals surface area contributed by atoms with Gasteiger partial charge in [0, 0.05) is 42.7 Å². The number of rotatable bonds is 7. The zero-order valence-corrected chi connectivity index (χ0v) is 15.0. The maximum absolute atomic E-state index is 12.3. The molecule has 0 saturated carbocycles. The lowest BCUT2D eigenvalue weighted by molar-refractivity contribution is -0.130. The summed E-state index contributed by atoms with van der Waals surface area (Å²) in [5.74, 6) is 2.23. The molecule has 0 aliphatic carbocycles. The Morgan fingerprint density at radius 3 is 3.09 bits per heavy atom. The Morgan fingerprint density at radius 2 is 2.30 bits per heavy atom. The fourth-order valence-corrected chi connectivity index (χ4v) is 6.04. The van der Waals surface area contributed by atoms with Crippen molar-refractivity contribution >= 4 is 27.5 Å². The lowest BCUT2D eigenvalue weighted by Gasteiger charge is -2.17. The van der Waals surface area contributed by atoms with Crippen LogP contribution in [-0.2, 0) is 4.79 Å². The van der Waals surface area contributed by atoms with E-state index in [9.17, 15) is 4.79 Å². The molecule has 0 spiro atoms. The highest BCUT2D eigenvalue weighted by molar-refractivity contribution is 8.77. The second kappa shape index (κ2) is 8.83. The van der Waals surface area contributed by atoms with Crippen LogP contribution in [0.5, 0.6) is 5.88 Å². The van der Waals surface area contributed by atoms with Crippen LogP contribution in [0.4, 0.5) is 0 Å². The third-order valence-electron chi connectivity index (χ3n) is 4.32. The second-order valence-corrected chi connectivity index (χ2v) is 8.90. The van der Waals surface area contributed by atoms with Crippen molar-refractivity contribution < 1.29 is 9.53 Å². The zero-order valence-electron chi connectivity index (χ0n) is 13.4. The topological polar surface area (TPSA) is 42.4 Å². The Hall–Kier alpha value is -0.880. The molecule has 0 bridgehead atoms. The number of hydrogen-bond acceptors (Lipinski definition) is 5. The average molecular weight is 353 g/mol. The van der Waals surface area contributed by atoms with Gasteiger partial charge in [-0.3, -0.25) is 4.79 Å². The molecule has 4 nitrogen and oxygen atoms in total. The first-order valence-electron chi connectivity index (χ1n) is 8.45. The Labute approximate surface area is 146 Å². The third-order valence-corrected chi connectivity index (χ3v) is 7.32. The number of likely N-dealkylation sites (tertiary alicyclic amines) is 1. The van der Waals surface area contributed by atoms with Gasteiger partial charge in [-0.15, -0.1) is 0 Å².